The van der Waals surface area contributed by atoms with Gasteiger partial charge >= 0.3 is 5.97 Å². The number of carboxylic acids is 1. The van der Waals surface area contributed by atoms with Crippen molar-refractivity contribution < 1.29 is 29.0 Å². The predicted molar refractivity (Wildman–Crippen MR) is 88.8 cm³/mol. The Morgan fingerprint density at radius 3 is 2.60 bits per heavy atom. The molecular formula is C17H22N2O6. The van der Waals surface area contributed by atoms with Crippen LogP contribution in [0.5, 0.6) is 11.5 Å². The van der Waals surface area contributed by atoms with E-state index in [-0.39, 0.29) is 19.0 Å². The zero-order valence-electron chi connectivity index (χ0n) is 14.3. The number of ether oxygens (including phenoxy) is 2. The average molecular weight is 350 g/mol. The molecule has 2 amide bonds. The maximum atomic E-state index is 12.2. The van der Waals surface area contributed by atoms with Crippen LogP contribution >= 0.6 is 0 Å². The highest BCUT2D eigenvalue weighted by molar-refractivity contribution is 5.97. The van der Waals surface area contributed by atoms with Crippen molar-refractivity contribution in [1.29, 1.82) is 0 Å². The molecule has 1 saturated heterocycles. The van der Waals surface area contributed by atoms with Crippen molar-refractivity contribution in [2.75, 3.05) is 33.9 Å². The fourth-order valence-corrected chi connectivity index (χ4v) is 2.75. The van der Waals surface area contributed by atoms with Crippen LogP contribution in [0.2, 0.25) is 0 Å². The molecule has 25 heavy (non-hydrogen) atoms. The van der Waals surface area contributed by atoms with Gasteiger partial charge in [0.15, 0.2) is 11.5 Å². The Morgan fingerprint density at radius 1 is 1.24 bits per heavy atom. The van der Waals surface area contributed by atoms with Gasteiger partial charge in [0.05, 0.1) is 26.7 Å². The maximum Gasteiger partial charge on any atom is 0.308 e. The van der Waals surface area contributed by atoms with E-state index in [1.807, 2.05) is 0 Å². The van der Waals surface area contributed by atoms with Crippen LogP contribution < -0.4 is 14.8 Å². The molecule has 0 bridgehead atoms. The highest BCUT2D eigenvalue weighted by Crippen LogP contribution is 2.27. The third kappa shape index (κ3) is 4.62. The quantitative estimate of drug-likeness (QED) is 0.785. The minimum atomic E-state index is -0.896. The summed E-state index contributed by atoms with van der Waals surface area (Å²) in [4.78, 5) is 36.9. The first-order chi connectivity index (χ1) is 12.0. The molecular weight excluding hydrogens is 328 g/mol. The van der Waals surface area contributed by atoms with Crippen LogP contribution in [0, 0.1) is 5.92 Å². The highest BCUT2D eigenvalue weighted by atomic mass is 16.5. The summed E-state index contributed by atoms with van der Waals surface area (Å²) in [6.07, 6.45) is 1.21. The molecule has 1 aliphatic rings. The van der Waals surface area contributed by atoms with Crippen molar-refractivity contribution in [2.45, 2.75) is 12.8 Å². The summed E-state index contributed by atoms with van der Waals surface area (Å²) < 4.78 is 10.3. The van der Waals surface area contributed by atoms with Gasteiger partial charge in [-0.05, 0) is 31.0 Å². The van der Waals surface area contributed by atoms with E-state index in [2.05, 4.69) is 5.32 Å². The number of methoxy groups -OCH3 is 2. The average Bonchev–Trinajstić information content (AvgIpc) is 2.65. The fourth-order valence-electron chi connectivity index (χ4n) is 2.75. The van der Waals surface area contributed by atoms with Crippen molar-refractivity contribution in [3.05, 3.63) is 23.8 Å². The number of rotatable bonds is 6. The molecule has 1 aromatic rings. The molecule has 8 heteroatoms. The Labute approximate surface area is 145 Å². The molecule has 136 valence electrons. The SMILES string of the molecule is COc1ccc(C(=O)NCC(=O)N2CCCC(C(=O)O)C2)cc1OC. The second-order valence-electron chi connectivity index (χ2n) is 5.77. The van der Waals surface area contributed by atoms with Crippen LogP contribution in [-0.4, -0.2) is 61.6 Å². The normalized spacial score (nSPS) is 16.9. The molecule has 1 heterocycles. The number of hydrogen-bond acceptors (Lipinski definition) is 5. The number of nitrogens with one attached hydrogen (secondary N) is 1. The lowest BCUT2D eigenvalue weighted by Gasteiger charge is -2.30. The van der Waals surface area contributed by atoms with Crippen molar-refractivity contribution in [3.63, 3.8) is 0 Å². The second kappa shape index (κ2) is 8.36. The molecule has 1 aliphatic heterocycles. The van der Waals surface area contributed by atoms with Crippen LogP contribution in [0.1, 0.15) is 23.2 Å². The van der Waals surface area contributed by atoms with E-state index in [0.29, 0.717) is 36.4 Å². The summed E-state index contributed by atoms with van der Waals surface area (Å²) in [5.41, 5.74) is 0.340. The third-order valence-corrected chi connectivity index (χ3v) is 4.17. The molecule has 0 aromatic heterocycles. The monoisotopic (exact) mass is 350 g/mol. The van der Waals surface area contributed by atoms with E-state index in [0.717, 1.165) is 0 Å². The number of likely N-dealkylation sites (tertiary alicyclic amines) is 1. The highest BCUT2D eigenvalue weighted by Gasteiger charge is 2.28. The minimum Gasteiger partial charge on any atom is -0.493 e. The van der Waals surface area contributed by atoms with Gasteiger partial charge in [-0.2, -0.15) is 0 Å². The lowest BCUT2D eigenvalue weighted by molar-refractivity contribution is -0.145. The van der Waals surface area contributed by atoms with Crippen molar-refractivity contribution in [1.82, 2.24) is 10.2 Å². The summed E-state index contributed by atoms with van der Waals surface area (Å²) in [5, 5.41) is 11.6. The topological polar surface area (TPSA) is 105 Å². The Balaban J connectivity index is 1.93. The standard InChI is InChI=1S/C17H22N2O6/c1-24-13-6-5-11(8-14(13)25-2)16(21)18-9-15(20)19-7-3-4-12(10-19)17(22)23/h5-6,8,12H,3-4,7,9-10H2,1-2H3,(H,18,21)(H,22,23). The number of carbonyl (C=O) groups is 3. The Bertz CT molecular complexity index is 661. The largest absolute Gasteiger partial charge is 0.493 e. The van der Waals surface area contributed by atoms with Crippen LogP contribution in [0.4, 0.5) is 0 Å². The lowest BCUT2D eigenvalue weighted by Crippen LogP contribution is -2.46. The molecule has 2 rings (SSSR count). The van der Waals surface area contributed by atoms with E-state index in [9.17, 15) is 14.4 Å². The molecule has 1 aromatic carbocycles. The number of piperidine rings is 1. The zero-order chi connectivity index (χ0) is 18.4. The van der Waals surface area contributed by atoms with Gasteiger partial charge in [-0.25, -0.2) is 0 Å². The molecule has 0 aliphatic carbocycles. The van der Waals surface area contributed by atoms with Gasteiger partial charge in [0, 0.05) is 18.7 Å². The van der Waals surface area contributed by atoms with Gasteiger partial charge in [-0.15, -0.1) is 0 Å². The number of aliphatic carboxylic acids is 1. The van der Waals surface area contributed by atoms with Gasteiger partial charge in [0.2, 0.25) is 5.91 Å². The van der Waals surface area contributed by atoms with Gasteiger partial charge in [0.1, 0.15) is 0 Å². The number of benzene rings is 1. The number of carboxylic acid groups (broad SMARTS) is 1. The number of hydrogen-bond donors (Lipinski definition) is 2. The third-order valence-electron chi connectivity index (χ3n) is 4.17. The molecule has 1 unspecified atom stereocenters. The van der Waals surface area contributed by atoms with Crippen LogP contribution in [0.3, 0.4) is 0 Å². The summed E-state index contributed by atoms with van der Waals surface area (Å²) in [5.74, 6) is -1.23. The van der Waals surface area contributed by atoms with E-state index in [1.165, 1.54) is 25.2 Å². The molecule has 1 fully saturated rings. The molecule has 8 nitrogen and oxygen atoms in total. The van der Waals surface area contributed by atoms with Crippen molar-refractivity contribution >= 4 is 17.8 Å². The number of nitrogens with zero attached hydrogens (tertiary/aromatic N) is 1. The molecule has 0 radical (unpaired) electrons. The first kappa shape index (κ1) is 18.6. The van der Waals surface area contributed by atoms with E-state index in [1.54, 1.807) is 12.1 Å². The molecule has 1 atom stereocenters. The van der Waals surface area contributed by atoms with Gasteiger partial charge in [0.25, 0.3) is 5.91 Å². The lowest BCUT2D eigenvalue weighted by atomic mass is 9.98. The predicted octanol–water partition coefficient (Wildman–Crippen LogP) is 0.757. The van der Waals surface area contributed by atoms with E-state index in [4.69, 9.17) is 14.6 Å². The minimum absolute atomic E-state index is 0.181. The van der Waals surface area contributed by atoms with Gasteiger partial charge < -0.3 is 24.8 Å². The number of amides is 2. The number of carbonyl (C=O) groups excluding carboxylic acids is 2. The van der Waals surface area contributed by atoms with Crippen LogP contribution in [0.15, 0.2) is 18.2 Å². The summed E-state index contributed by atoms with van der Waals surface area (Å²) >= 11 is 0. The first-order valence-corrected chi connectivity index (χ1v) is 7.97. The smallest absolute Gasteiger partial charge is 0.308 e. The Hall–Kier alpha value is -2.77. The molecule has 0 saturated carbocycles. The zero-order valence-corrected chi connectivity index (χ0v) is 14.3. The second-order valence-corrected chi connectivity index (χ2v) is 5.77. The maximum absolute atomic E-state index is 12.2. The van der Waals surface area contributed by atoms with Crippen molar-refractivity contribution in [3.8, 4) is 11.5 Å². The van der Waals surface area contributed by atoms with Crippen molar-refractivity contribution in [2.24, 2.45) is 5.92 Å². The Morgan fingerprint density at radius 2 is 1.96 bits per heavy atom. The fraction of sp³-hybridized carbons (Fsp3) is 0.471. The summed E-state index contributed by atoms with van der Waals surface area (Å²) in [7, 11) is 2.97. The van der Waals surface area contributed by atoms with Gasteiger partial charge in [-0.3, -0.25) is 14.4 Å². The molecule has 0 spiro atoms. The summed E-state index contributed by atoms with van der Waals surface area (Å²) in [6, 6.07) is 4.71. The molecule has 2 N–H and O–H groups in total. The van der Waals surface area contributed by atoms with Crippen LogP contribution in [0.25, 0.3) is 0 Å². The first-order valence-electron chi connectivity index (χ1n) is 7.97. The Kier molecular flexibility index (Phi) is 6.21. The van der Waals surface area contributed by atoms with Crippen LogP contribution in [-0.2, 0) is 9.59 Å². The van der Waals surface area contributed by atoms with E-state index < -0.39 is 17.8 Å². The van der Waals surface area contributed by atoms with Gasteiger partial charge in [-0.1, -0.05) is 0 Å². The van der Waals surface area contributed by atoms with E-state index >= 15 is 0 Å². The summed E-state index contributed by atoms with van der Waals surface area (Å²) in [6.45, 7) is 0.509.